The Balaban J connectivity index is 1.68. The Kier molecular flexibility index (Phi) is 5.80. The summed E-state index contributed by atoms with van der Waals surface area (Å²) in [5.41, 5.74) is 2.82. The number of pyridine rings is 1. The summed E-state index contributed by atoms with van der Waals surface area (Å²) >= 11 is 0. The van der Waals surface area contributed by atoms with Gasteiger partial charge in [0.2, 0.25) is 0 Å². The van der Waals surface area contributed by atoms with Crippen LogP contribution in [0.4, 0.5) is 17.1 Å². The predicted octanol–water partition coefficient (Wildman–Crippen LogP) is 3.75. The Morgan fingerprint density at radius 2 is 1.86 bits per heavy atom. The van der Waals surface area contributed by atoms with Gasteiger partial charge in [0.15, 0.2) is 0 Å². The quantitative estimate of drug-likeness (QED) is 0.509. The number of non-ortho nitro benzene ring substituents is 1. The van der Waals surface area contributed by atoms with Crippen LogP contribution in [0.3, 0.4) is 0 Å². The van der Waals surface area contributed by atoms with Gasteiger partial charge in [-0.15, -0.1) is 0 Å². The van der Waals surface area contributed by atoms with E-state index in [0.29, 0.717) is 17.8 Å². The molecule has 144 valence electrons. The third-order valence-electron chi connectivity index (χ3n) is 4.37. The van der Waals surface area contributed by atoms with Gasteiger partial charge in [0.05, 0.1) is 16.2 Å². The van der Waals surface area contributed by atoms with Crippen molar-refractivity contribution in [1.29, 1.82) is 5.26 Å². The summed E-state index contributed by atoms with van der Waals surface area (Å²) in [6.07, 6.45) is 3.15. The first-order chi connectivity index (χ1) is 14.0. The fourth-order valence-electron chi connectivity index (χ4n) is 2.73. The predicted molar refractivity (Wildman–Crippen MR) is 109 cm³/mol. The van der Waals surface area contributed by atoms with Crippen LogP contribution in [0.15, 0.2) is 67.0 Å². The molecule has 0 fully saturated rings. The van der Waals surface area contributed by atoms with Crippen molar-refractivity contribution in [3.8, 4) is 6.07 Å². The van der Waals surface area contributed by atoms with E-state index in [-0.39, 0.29) is 17.2 Å². The van der Waals surface area contributed by atoms with Crippen molar-refractivity contribution in [3.05, 3.63) is 93.8 Å². The minimum absolute atomic E-state index is 0.127. The number of carbonyl (C=O) groups is 1. The Bertz CT molecular complexity index is 1080. The number of aromatic nitrogens is 1. The molecular formula is C21H17N5O3. The normalized spacial score (nSPS) is 10.1. The minimum atomic E-state index is -0.535. The van der Waals surface area contributed by atoms with Crippen molar-refractivity contribution in [2.45, 2.75) is 6.54 Å². The van der Waals surface area contributed by atoms with Crippen LogP contribution in [-0.4, -0.2) is 22.9 Å². The Morgan fingerprint density at radius 1 is 1.17 bits per heavy atom. The van der Waals surface area contributed by atoms with Crippen molar-refractivity contribution in [3.63, 3.8) is 0 Å². The van der Waals surface area contributed by atoms with Crippen molar-refractivity contribution >= 4 is 23.0 Å². The standard InChI is InChI=1S/C21H17N5O3/c1-25(21(27)16-8-10-23-11-9-16)18-4-2-15(3-5-18)14-24-20-7-6-19(26(28)29)12-17(20)13-22/h2-12,24H,14H2,1H3. The average molecular weight is 387 g/mol. The molecule has 8 heteroatoms. The molecule has 8 nitrogen and oxygen atoms in total. The molecule has 0 spiro atoms. The number of nitriles is 1. The van der Waals surface area contributed by atoms with Crippen LogP contribution in [-0.2, 0) is 6.54 Å². The van der Waals surface area contributed by atoms with E-state index in [1.807, 2.05) is 30.3 Å². The summed E-state index contributed by atoms with van der Waals surface area (Å²) in [4.78, 5) is 28.3. The number of anilines is 2. The smallest absolute Gasteiger partial charge is 0.270 e. The van der Waals surface area contributed by atoms with Crippen molar-refractivity contribution in [2.24, 2.45) is 0 Å². The van der Waals surface area contributed by atoms with E-state index < -0.39 is 4.92 Å². The number of carbonyl (C=O) groups excluding carboxylic acids is 1. The molecule has 0 saturated heterocycles. The monoisotopic (exact) mass is 387 g/mol. The number of nitrogens with one attached hydrogen (secondary N) is 1. The zero-order chi connectivity index (χ0) is 20.8. The lowest BCUT2D eigenvalue weighted by molar-refractivity contribution is -0.384. The Labute approximate surface area is 167 Å². The number of nitro benzene ring substituents is 1. The summed E-state index contributed by atoms with van der Waals surface area (Å²) < 4.78 is 0. The van der Waals surface area contributed by atoms with Crippen LogP contribution in [0.2, 0.25) is 0 Å². The SMILES string of the molecule is CN(C(=O)c1ccncc1)c1ccc(CNc2ccc([N+](=O)[O-])cc2C#N)cc1. The highest BCUT2D eigenvalue weighted by Gasteiger charge is 2.13. The van der Waals surface area contributed by atoms with Gasteiger partial charge in [0, 0.05) is 49.4 Å². The average Bonchev–Trinajstić information content (AvgIpc) is 2.77. The van der Waals surface area contributed by atoms with Crippen molar-refractivity contribution in [2.75, 3.05) is 17.3 Å². The maximum atomic E-state index is 12.5. The Morgan fingerprint density at radius 3 is 2.48 bits per heavy atom. The summed E-state index contributed by atoms with van der Waals surface area (Å²) in [5, 5.41) is 23.2. The first-order valence-electron chi connectivity index (χ1n) is 8.69. The molecule has 29 heavy (non-hydrogen) atoms. The summed E-state index contributed by atoms with van der Waals surface area (Å²) in [7, 11) is 1.70. The molecule has 0 aliphatic rings. The number of nitro groups is 1. The van der Waals surface area contributed by atoms with Gasteiger partial charge in [-0.25, -0.2) is 0 Å². The van der Waals surface area contributed by atoms with Gasteiger partial charge in [-0.1, -0.05) is 12.1 Å². The maximum Gasteiger partial charge on any atom is 0.270 e. The molecule has 3 aromatic rings. The molecule has 2 aromatic carbocycles. The zero-order valence-electron chi connectivity index (χ0n) is 15.6. The molecule has 1 heterocycles. The number of rotatable bonds is 6. The summed E-state index contributed by atoms with van der Waals surface area (Å²) in [6, 6.07) is 16.8. The first kappa shape index (κ1) is 19.5. The lowest BCUT2D eigenvalue weighted by Crippen LogP contribution is -2.26. The second-order valence-corrected chi connectivity index (χ2v) is 6.22. The van der Waals surface area contributed by atoms with Gasteiger partial charge in [-0.3, -0.25) is 19.9 Å². The highest BCUT2D eigenvalue weighted by molar-refractivity contribution is 6.05. The first-order valence-corrected chi connectivity index (χ1v) is 8.69. The number of benzene rings is 2. The highest BCUT2D eigenvalue weighted by atomic mass is 16.6. The van der Waals surface area contributed by atoms with E-state index in [1.54, 1.807) is 36.5 Å². The number of amides is 1. The van der Waals surface area contributed by atoms with E-state index in [0.717, 1.165) is 11.3 Å². The van der Waals surface area contributed by atoms with E-state index in [9.17, 15) is 20.2 Å². The van der Waals surface area contributed by atoms with E-state index in [4.69, 9.17) is 0 Å². The number of nitrogens with zero attached hydrogens (tertiary/aromatic N) is 4. The largest absolute Gasteiger partial charge is 0.380 e. The van der Waals surface area contributed by atoms with E-state index in [1.165, 1.54) is 18.2 Å². The molecule has 1 amide bonds. The molecule has 0 unspecified atom stereocenters. The molecule has 0 bridgehead atoms. The van der Waals surface area contributed by atoms with Gasteiger partial charge < -0.3 is 10.2 Å². The van der Waals surface area contributed by atoms with Crippen LogP contribution < -0.4 is 10.2 Å². The molecule has 0 radical (unpaired) electrons. The van der Waals surface area contributed by atoms with Crippen LogP contribution in [0.25, 0.3) is 0 Å². The highest BCUT2D eigenvalue weighted by Crippen LogP contribution is 2.22. The van der Waals surface area contributed by atoms with Crippen molar-refractivity contribution < 1.29 is 9.72 Å². The third kappa shape index (κ3) is 4.54. The molecule has 0 atom stereocenters. The maximum absolute atomic E-state index is 12.5. The Hall–Kier alpha value is -4.25. The third-order valence-corrected chi connectivity index (χ3v) is 4.37. The van der Waals surface area contributed by atoms with E-state index >= 15 is 0 Å². The lowest BCUT2D eigenvalue weighted by atomic mass is 10.1. The fourth-order valence-corrected chi connectivity index (χ4v) is 2.73. The van der Waals surface area contributed by atoms with Gasteiger partial charge >= 0.3 is 0 Å². The van der Waals surface area contributed by atoms with Crippen molar-refractivity contribution in [1.82, 2.24) is 4.98 Å². The van der Waals surface area contributed by atoms with Crippen LogP contribution in [0, 0.1) is 21.4 Å². The molecule has 0 aliphatic carbocycles. The number of hydrogen-bond acceptors (Lipinski definition) is 6. The van der Waals surface area contributed by atoms with Gasteiger partial charge in [0.1, 0.15) is 6.07 Å². The molecule has 1 aromatic heterocycles. The fraction of sp³-hybridized carbons (Fsp3) is 0.0952. The number of hydrogen-bond donors (Lipinski definition) is 1. The van der Waals surface area contributed by atoms with Gasteiger partial charge in [-0.05, 0) is 35.9 Å². The van der Waals surface area contributed by atoms with Gasteiger partial charge in [0.25, 0.3) is 11.6 Å². The van der Waals surface area contributed by atoms with Crippen LogP contribution in [0.5, 0.6) is 0 Å². The molecular weight excluding hydrogens is 370 g/mol. The molecule has 3 rings (SSSR count). The zero-order valence-corrected chi connectivity index (χ0v) is 15.6. The second-order valence-electron chi connectivity index (χ2n) is 6.22. The molecule has 0 saturated carbocycles. The lowest BCUT2D eigenvalue weighted by Gasteiger charge is -2.18. The molecule has 1 N–H and O–H groups in total. The van der Waals surface area contributed by atoms with Crippen LogP contribution in [0.1, 0.15) is 21.5 Å². The molecule has 0 aliphatic heterocycles. The van der Waals surface area contributed by atoms with Crippen LogP contribution >= 0.6 is 0 Å². The summed E-state index contributed by atoms with van der Waals surface area (Å²) in [5.74, 6) is -0.136. The topological polar surface area (TPSA) is 112 Å². The minimum Gasteiger partial charge on any atom is -0.380 e. The second kappa shape index (κ2) is 8.63. The van der Waals surface area contributed by atoms with Gasteiger partial charge in [-0.2, -0.15) is 5.26 Å². The van der Waals surface area contributed by atoms with E-state index in [2.05, 4.69) is 10.3 Å². The summed E-state index contributed by atoms with van der Waals surface area (Å²) in [6.45, 7) is 0.425.